The quantitative estimate of drug-likeness (QED) is 0.259. The lowest BCUT2D eigenvalue weighted by atomic mass is 9.79. The summed E-state index contributed by atoms with van der Waals surface area (Å²) in [5.41, 5.74) is 5.68. The fraction of sp³-hybridized carbons (Fsp3) is 0.739. The summed E-state index contributed by atoms with van der Waals surface area (Å²) in [6.07, 6.45) is 0.723. The number of nitrogens with zero attached hydrogens (tertiary/aromatic N) is 4. The molecule has 0 aromatic carbocycles. The van der Waals surface area contributed by atoms with Crippen molar-refractivity contribution in [1.29, 1.82) is 0 Å². The molecule has 4 heterocycles. The molecule has 4 aliphatic heterocycles. The number of carboxylic acid groups (broad SMARTS) is 1. The number of aliphatic carboxylic acids is 1. The summed E-state index contributed by atoms with van der Waals surface area (Å²) in [7, 11) is 1.93. The number of aliphatic hydroxyl groups excluding tert-OH is 1. The average molecular weight is 494 g/mol. The number of rotatable bonds is 7. The van der Waals surface area contributed by atoms with Crippen LogP contribution in [0.2, 0.25) is 0 Å². The van der Waals surface area contributed by atoms with Gasteiger partial charge in [0, 0.05) is 42.3 Å². The minimum atomic E-state index is -1.12. The predicted molar refractivity (Wildman–Crippen MR) is 129 cm³/mol. The molecule has 10 nitrogen and oxygen atoms in total. The second kappa shape index (κ2) is 9.50. The summed E-state index contributed by atoms with van der Waals surface area (Å²) in [6, 6.07) is -0.565. The van der Waals surface area contributed by atoms with Crippen molar-refractivity contribution in [3.63, 3.8) is 0 Å². The van der Waals surface area contributed by atoms with Crippen LogP contribution in [-0.4, -0.2) is 105 Å². The van der Waals surface area contributed by atoms with Gasteiger partial charge >= 0.3 is 5.97 Å². The van der Waals surface area contributed by atoms with Crippen molar-refractivity contribution in [2.45, 2.75) is 57.1 Å². The molecule has 4 aliphatic rings. The Morgan fingerprint density at radius 1 is 1.32 bits per heavy atom. The predicted octanol–water partition coefficient (Wildman–Crippen LogP) is 0.172. The van der Waals surface area contributed by atoms with Crippen molar-refractivity contribution in [1.82, 2.24) is 14.7 Å². The highest BCUT2D eigenvalue weighted by Gasteiger charge is 2.60. The molecule has 4 rings (SSSR count). The Bertz CT molecular complexity index is 933. The van der Waals surface area contributed by atoms with Crippen LogP contribution in [0.1, 0.15) is 33.6 Å². The van der Waals surface area contributed by atoms with E-state index in [1.807, 2.05) is 18.9 Å². The van der Waals surface area contributed by atoms with Crippen LogP contribution < -0.4 is 5.73 Å². The lowest BCUT2D eigenvalue weighted by molar-refractivity contribution is -0.163. The summed E-state index contributed by atoms with van der Waals surface area (Å²) in [6.45, 7) is 7.97. The van der Waals surface area contributed by atoms with Crippen LogP contribution in [0.3, 0.4) is 0 Å². The number of carboxylic acids is 1. The first-order chi connectivity index (χ1) is 16.0. The minimum absolute atomic E-state index is 0.0416. The van der Waals surface area contributed by atoms with Crippen molar-refractivity contribution in [2.24, 2.45) is 28.5 Å². The zero-order valence-electron chi connectivity index (χ0n) is 20.2. The van der Waals surface area contributed by atoms with Crippen molar-refractivity contribution in [3.8, 4) is 0 Å². The molecule has 0 spiro atoms. The lowest BCUT2D eigenvalue weighted by Gasteiger charge is -2.46. The molecule has 0 unspecified atom stereocenters. The Labute approximate surface area is 204 Å². The van der Waals surface area contributed by atoms with Gasteiger partial charge in [-0.25, -0.2) is 4.79 Å². The molecule has 0 radical (unpaired) electrons. The Hall–Kier alpha value is -2.11. The number of amidine groups is 1. The molecule has 34 heavy (non-hydrogen) atoms. The van der Waals surface area contributed by atoms with Gasteiger partial charge in [0.25, 0.3) is 0 Å². The summed E-state index contributed by atoms with van der Waals surface area (Å²) >= 11 is 1.48. The Kier molecular flexibility index (Phi) is 6.99. The van der Waals surface area contributed by atoms with Crippen LogP contribution in [0.15, 0.2) is 15.6 Å². The highest BCUT2D eigenvalue weighted by molar-refractivity contribution is 8.03. The summed E-state index contributed by atoms with van der Waals surface area (Å²) in [5, 5.41) is 19.9. The third-order valence-electron chi connectivity index (χ3n) is 7.60. The number of aliphatic imine (C=N–C) groups is 1. The number of carbonyl (C=O) groups is 3. The maximum atomic E-state index is 13.3. The first-order valence-corrected chi connectivity index (χ1v) is 12.8. The highest BCUT2D eigenvalue weighted by atomic mass is 32.2. The standard InChI is InChI=1S/C23H35N5O5S/c1-11-18-17(12(2)29)22(31)28(18)19(23(32)33)20(11)34-15-7-16(26(4)10-15)21(30)27-6-5-14(9-27)8-25-13(3)24/h11-12,14-18,29H,5-10H2,1-4H3,(H2,24,25)(H,32,33)/t11-,12-,14-,15+,16+,17-,18-/m1/s1. The molecule has 3 saturated heterocycles. The Morgan fingerprint density at radius 3 is 2.65 bits per heavy atom. The van der Waals surface area contributed by atoms with Gasteiger partial charge in [-0.2, -0.15) is 0 Å². The van der Waals surface area contributed by atoms with Crippen molar-refractivity contribution in [3.05, 3.63) is 10.6 Å². The third kappa shape index (κ3) is 4.33. The molecule has 188 valence electrons. The number of likely N-dealkylation sites (N-methyl/N-ethyl adjacent to an activating group) is 1. The molecular weight excluding hydrogens is 458 g/mol. The van der Waals surface area contributed by atoms with Gasteiger partial charge in [-0.05, 0) is 39.7 Å². The molecule has 0 aliphatic carbocycles. The van der Waals surface area contributed by atoms with E-state index in [1.165, 1.54) is 16.7 Å². The number of β-lactam (4-membered cyclic amide) rings is 1. The van der Waals surface area contributed by atoms with E-state index >= 15 is 0 Å². The molecular formula is C23H35N5O5S. The number of fused-ring (bicyclic) bond motifs is 1. The second-order valence-electron chi connectivity index (χ2n) is 10.1. The third-order valence-corrected chi connectivity index (χ3v) is 9.09. The first kappa shape index (κ1) is 25.0. The molecule has 0 bridgehead atoms. The molecule has 2 amide bonds. The van der Waals surface area contributed by atoms with Gasteiger partial charge in [0.2, 0.25) is 11.8 Å². The van der Waals surface area contributed by atoms with Crippen LogP contribution in [0.25, 0.3) is 0 Å². The summed E-state index contributed by atoms with van der Waals surface area (Å²) in [5.74, 6) is -1.19. The van der Waals surface area contributed by atoms with Gasteiger partial charge < -0.3 is 25.7 Å². The average Bonchev–Trinajstić information content (AvgIpc) is 3.42. The fourth-order valence-electron chi connectivity index (χ4n) is 5.85. The smallest absolute Gasteiger partial charge is 0.353 e. The molecule has 0 saturated carbocycles. The van der Waals surface area contributed by atoms with Gasteiger partial charge in [-0.1, -0.05) is 6.92 Å². The SMILES string of the molecule is CC(N)=NC[C@H]1CCN(C(=O)[C@@H]2C[C@H](SC3=C(C(=O)O)N4C(=O)[C@H]([C@@H](C)O)[C@H]4[C@H]3C)CN2C)C1. The van der Waals surface area contributed by atoms with Crippen LogP contribution in [0, 0.1) is 17.8 Å². The lowest BCUT2D eigenvalue weighted by Crippen LogP contribution is -2.63. The van der Waals surface area contributed by atoms with Gasteiger partial charge in [-0.3, -0.25) is 19.5 Å². The number of nitrogens with two attached hydrogens (primary N) is 1. The summed E-state index contributed by atoms with van der Waals surface area (Å²) in [4.78, 5) is 48.2. The fourth-order valence-corrected chi connectivity index (χ4v) is 7.45. The van der Waals surface area contributed by atoms with Gasteiger partial charge in [0.15, 0.2) is 0 Å². The van der Waals surface area contributed by atoms with Crippen LogP contribution >= 0.6 is 11.8 Å². The maximum absolute atomic E-state index is 13.3. The number of likely N-dealkylation sites (tertiary alicyclic amines) is 2. The molecule has 0 aromatic heterocycles. The van der Waals surface area contributed by atoms with E-state index in [0.717, 1.165) is 13.0 Å². The van der Waals surface area contributed by atoms with Crippen molar-refractivity contribution < 1.29 is 24.6 Å². The first-order valence-electron chi connectivity index (χ1n) is 11.9. The normalized spacial score (nSPS) is 35.1. The minimum Gasteiger partial charge on any atom is -0.477 e. The monoisotopic (exact) mass is 493 g/mol. The van der Waals surface area contributed by atoms with E-state index in [9.17, 15) is 24.6 Å². The molecule has 0 aromatic rings. The van der Waals surface area contributed by atoms with Gasteiger partial charge in [0.1, 0.15) is 5.70 Å². The Morgan fingerprint density at radius 2 is 2.03 bits per heavy atom. The van der Waals surface area contributed by atoms with Gasteiger partial charge in [-0.15, -0.1) is 11.8 Å². The van der Waals surface area contributed by atoms with E-state index < -0.39 is 18.0 Å². The summed E-state index contributed by atoms with van der Waals surface area (Å²) < 4.78 is 0. The maximum Gasteiger partial charge on any atom is 0.353 e. The zero-order valence-corrected chi connectivity index (χ0v) is 21.0. The molecule has 7 atom stereocenters. The second-order valence-corrected chi connectivity index (χ2v) is 11.5. The van der Waals surface area contributed by atoms with E-state index in [1.54, 1.807) is 13.8 Å². The Balaban J connectivity index is 1.42. The largest absolute Gasteiger partial charge is 0.477 e. The number of thioether (sulfide) groups is 1. The topological polar surface area (TPSA) is 140 Å². The van der Waals surface area contributed by atoms with Crippen molar-refractivity contribution in [2.75, 3.05) is 33.2 Å². The number of amides is 2. The highest BCUT2D eigenvalue weighted by Crippen LogP contribution is 2.52. The number of carbonyl (C=O) groups excluding carboxylic acids is 2. The van der Waals surface area contributed by atoms with Crippen LogP contribution in [-0.2, 0) is 14.4 Å². The van der Waals surface area contributed by atoms with E-state index in [0.29, 0.717) is 42.7 Å². The van der Waals surface area contributed by atoms with Gasteiger partial charge in [0.05, 0.1) is 29.9 Å². The number of hydrogen-bond donors (Lipinski definition) is 3. The molecule has 3 fully saturated rings. The van der Waals surface area contributed by atoms with Crippen molar-refractivity contribution >= 4 is 35.4 Å². The number of hydrogen-bond acceptors (Lipinski definition) is 7. The van der Waals surface area contributed by atoms with E-state index in [-0.39, 0.29) is 40.8 Å². The van der Waals surface area contributed by atoms with Crippen LogP contribution in [0.5, 0.6) is 0 Å². The van der Waals surface area contributed by atoms with E-state index in [2.05, 4.69) is 9.89 Å². The zero-order chi connectivity index (χ0) is 24.9. The van der Waals surface area contributed by atoms with Crippen LogP contribution in [0.4, 0.5) is 0 Å². The molecule has 4 N–H and O–H groups in total. The van der Waals surface area contributed by atoms with E-state index in [4.69, 9.17) is 5.73 Å². The molecule has 11 heteroatoms. The number of aliphatic hydroxyl groups is 1.